The van der Waals surface area contributed by atoms with Crippen LogP contribution in [0.25, 0.3) is 6.08 Å². The second-order valence-electron chi connectivity index (χ2n) is 3.36. The van der Waals surface area contributed by atoms with Gasteiger partial charge in [-0.3, -0.25) is 4.79 Å². The zero-order valence-electron chi connectivity index (χ0n) is 9.94. The number of carbonyl (C=O) groups excluding carboxylic acids is 1. The van der Waals surface area contributed by atoms with Gasteiger partial charge < -0.3 is 9.47 Å². The van der Waals surface area contributed by atoms with Gasteiger partial charge in [-0.05, 0) is 24.6 Å². The maximum Gasteiger partial charge on any atom is 0.387 e. The Kier molecular flexibility index (Phi) is 5.84. The molecule has 0 saturated heterocycles. The van der Waals surface area contributed by atoms with Crippen LogP contribution >= 0.6 is 0 Å². The Morgan fingerprint density at radius 2 is 2.00 bits per heavy atom. The highest BCUT2D eigenvalue weighted by Gasteiger charge is 2.02. The number of hydrogen-bond acceptors (Lipinski definition) is 3. The largest absolute Gasteiger partial charge is 0.466 e. The Labute approximate surface area is 104 Å². The van der Waals surface area contributed by atoms with Gasteiger partial charge in [0.25, 0.3) is 0 Å². The van der Waals surface area contributed by atoms with Gasteiger partial charge >= 0.3 is 12.6 Å². The van der Waals surface area contributed by atoms with Crippen LogP contribution in [0.3, 0.4) is 0 Å². The second-order valence-corrected chi connectivity index (χ2v) is 3.36. The van der Waals surface area contributed by atoms with Crippen LogP contribution < -0.4 is 4.74 Å². The summed E-state index contributed by atoms with van der Waals surface area (Å²) in [5.41, 5.74) is 0.793. The fraction of sp³-hybridized carbons (Fsp3) is 0.308. The van der Waals surface area contributed by atoms with E-state index < -0.39 is 6.61 Å². The second kappa shape index (κ2) is 7.42. The molecule has 0 bridgehead atoms. The number of hydrogen-bond donors (Lipinski definition) is 0. The molecular weight excluding hydrogens is 242 g/mol. The van der Waals surface area contributed by atoms with Gasteiger partial charge in [-0.2, -0.15) is 8.78 Å². The highest BCUT2D eigenvalue weighted by Crippen LogP contribution is 2.15. The molecule has 0 atom stereocenters. The minimum absolute atomic E-state index is 0.104. The molecule has 0 aliphatic carbocycles. The van der Waals surface area contributed by atoms with Crippen molar-refractivity contribution >= 4 is 12.0 Å². The van der Waals surface area contributed by atoms with E-state index in [1.807, 2.05) is 0 Å². The van der Waals surface area contributed by atoms with E-state index in [0.717, 1.165) is 5.56 Å². The number of carbonyl (C=O) groups is 1. The third kappa shape index (κ3) is 5.43. The molecule has 1 aromatic rings. The molecule has 0 aliphatic heterocycles. The summed E-state index contributed by atoms with van der Waals surface area (Å²) in [5, 5.41) is 0. The smallest absolute Gasteiger partial charge is 0.387 e. The minimum Gasteiger partial charge on any atom is -0.466 e. The maximum absolute atomic E-state index is 11.9. The summed E-state index contributed by atoms with van der Waals surface area (Å²) < 4.78 is 32.8. The lowest BCUT2D eigenvalue weighted by atomic mass is 10.2. The molecule has 0 N–H and O–H groups in total. The predicted molar refractivity (Wildman–Crippen MR) is 63.4 cm³/mol. The third-order valence-corrected chi connectivity index (χ3v) is 2.01. The summed E-state index contributed by atoms with van der Waals surface area (Å²) in [6.07, 6.45) is 3.55. The Bertz CT molecular complexity index is 399. The van der Waals surface area contributed by atoms with Gasteiger partial charge in [-0.25, -0.2) is 0 Å². The van der Waals surface area contributed by atoms with Crippen LogP contribution in [0.15, 0.2) is 30.3 Å². The van der Waals surface area contributed by atoms with Crippen molar-refractivity contribution in [1.82, 2.24) is 0 Å². The first-order valence-electron chi connectivity index (χ1n) is 5.49. The summed E-state index contributed by atoms with van der Waals surface area (Å²) in [4.78, 5) is 11.0. The lowest BCUT2D eigenvalue weighted by Crippen LogP contribution is -2.01. The van der Waals surface area contributed by atoms with E-state index in [1.54, 1.807) is 31.2 Å². The topological polar surface area (TPSA) is 35.5 Å². The van der Waals surface area contributed by atoms with Crippen molar-refractivity contribution in [2.75, 3.05) is 6.61 Å². The first-order valence-corrected chi connectivity index (χ1v) is 5.49. The predicted octanol–water partition coefficient (Wildman–Crippen LogP) is 3.25. The molecular formula is C13H14F2O3. The van der Waals surface area contributed by atoms with E-state index in [0.29, 0.717) is 6.61 Å². The van der Waals surface area contributed by atoms with Gasteiger partial charge in [0.1, 0.15) is 5.75 Å². The first-order chi connectivity index (χ1) is 8.61. The van der Waals surface area contributed by atoms with Gasteiger partial charge in [0.2, 0.25) is 0 Å². The van der Waals surface area contributed by atoms with Crippen molar-refractivity contribution in [3.8, 4) is 5.75 Å². The highest BCUT2D eigenvalue weighted by molar-refractivity contribution is 5.72. The van der Waals surface area contributed by atoms with Crippen LogP contribution in [0.2, 0.25) is 0 Å². The molecule has 0 aromatic heterocycles. The van der Waals surface area contributed by atoms with Gasteiger partial charge in [-0.1, -0.05) is 24.3 Å². The normalized spacial score (nSPS) is 10.9. The number of alkyl halides is 2. The van der Waals surface area contributed by atoms with Crippen LogP contribution in [-0.4, -0.2) is 19.2 Å². The molecule has 5 heteroatoms. The van der Waals surface area contributed by atoms with E-state index in [9.17, 15) is 13.6 Å². The minimum atomic E-state index is -2.82. The van der Waals surface area contributed by atoms with Crippen molar-refractivity contribution in [3.05, 3.63) is 35.9 Å². The monoisotopic (exact) mass is 256 g/mol. The Balaban J connectivity index is 2.48. The van der Waals surface area contributed by atoms with E-state index >= 15 is 0 Å². The summed E-state index contributed by atoms with van der Waals surface area (Å²) in [7, 11) is 0. The third-order valence-electron chi connectivity index (χ3n) is 2.01. The number of ether oxygens (including phenoxy) is 2. The molecule has 0 fully saturated rings. The van der Waals surface area contributed by atoms with Crippen molar-refractivity contribution in [2.24, 2.45) is 0 Å². The zero-order valence-corrected chi connectivity index (χ0v) is 9.94. The van der Waals surface area contributed by atoms with Crippen molar-refractivity contribution in [2.45, 2.75) is 20.0 Å². The van der Waals surface area contributed by atoms with Crippen LogP contribution in [-0.2, 0) is 9.53 Å². The molecule has 1 rings (SSSR count). The van der Waals surface area contributed by atoms with Crippen LogP contribution in [0.5, 0.6) is 5.75 Å². The molecule has 0 radical (unpaired) electrons. The van der Waals surface area contributed by atoms with Crippen molar-refractivity contribution in [1.29, 1.82) is 0 Å². The number of halogens is 2. The Hall–Kier alpha value is -1.91. The van der Waals surface area contributed by atoms with E-state index in [-0.39, 0.29) is 18.1 Å². The molecule has 0 aliphatic rings. The number of esters is 1. The van der Waals surface area contributed by atoms with Gasteiger partial charge in [0.05, 0.1) is 13.0 Å². The molecule has 0 unspecified atom stereocenters. The van der Waals surface area contributed by atoms with Gasteiger partial charge in [-0.15, -0.1) is 0 Å². The molecule has 3 nitrogen and oxygen atoms in total. The van der Waals surface area contributed by atoms with E-state index in [2.05, 4.69) is 4.74 Å². The lowest BCUT2D eigenvalue weighted by molar-refractivity contribution is -0.142. The summed E-state index contributed by atoms with van der Waals surface area (Å²) in [6.45, 7) is -0.731. The average molecular weight is 256 g/mol. The van der Waals surface area contributed by atoms with E-state index in [1.165, 1.54) is 12.1 Å². The fourth-order valence-electron chi connectivity index (χ4n) is 1.27. The molecule has 0 spiro atoms. The summed E-state index contributed by atoms with van der Waals surface area (Å²) >= 11 is 0. The Morgan fingerprint density at radius 3 is 2.56 bits per heavy atom. The highest BCUT2D eigenvalue weighted by atomic mass is 19.3. The average Bonchev–Trinajstić information content (AvgIpc) is 2.31. The number of rotatable bonds is 6. The SMILES string of the molecule is CCOC(=O)CC=Cc1ccc(OC(F)F)cc1. The molecule has 1 aromatic carbocycles. The summed E-state index contributed by atoms with van der Waals surface area (Å²) in [5.74, 6) is -0.195. The van der Waals surface area contributed by atoms with Crippen molar-refractivity contribution in [3.63, 3.8) is 0 Å². The van der Waals surface area contributed by atoms with Gasteiger partial charge in [0.15, 0.2) is 0 Å². The van der Waals surface area contributed by atoms with Crippen LogP contribution in [0.4, 0.5) is 8.78 Å². The standard InChI is InChI=1S/C13H14F2O3/c1-2-17-12(16)5-3-4-10-6-8-11(9-7-10)18-13(14)15/h3-4,6-9,13H,2,5H2,1H3. The molecule has 0 amide bonds. The van der Waals surface area contributed by atoms with E-state index in [4.69, 9.17) is 4.74 Å². The molecule has 0 saturated carbocycles. The van der Waals surface area contributed by atoms with Gasteiger partial charge in [0, 0.05) is 0 Å². The quantitative estimate of drug-likeness (QED) is 0.733. The molecule has 18 heavy (non-hydrogen) atoms. The zero-order chi connectivity index (χ0) is 13.4. The van der Waals surface area contributed by atoms with Crippen LogP contribution in [0.1, 0.15) is 18.9 Å². The molecule has 98 valence electrons. The fourth-order valence-corrected chi connectivity index (χ4v) is 1.27. The lowest BCUT2D eigenvalue weighted by Gasteiger charge is -2.03. The summed E-state index contributed by atoms with van der Waals surface area (Å²) in [6, 6.07) is 6.13. The van der Waals surface area contributed by atoms with Crippen LogP contribution in [0, 0.1) is 0 Å². The number of benzene rings is 1. The first kappa shape index (κ1) is 14.2. The Morgan fingerprint density at radius 1 is 1.33 bits per heavy atom. The molecule has 0 heterocycles. The maximum atomic E-state index is 11.9. The van der Waals surface area contributed by atoms with Crippen molar-refractivity contribution < 1.29 is 23.0 Å².